The van der Waals surface area contributed by atoms with Gasteiger partial charge in [0.2, 0.25) is 0 Å². The zero-order valence-corrected chi connectivity index (χ0v) is 8.65. The molecular weight excluding hydrogens is 188 g/mol. The number of amides is 1. The molecule has 0 bridgehead atoms. The average Bonchev–Trinajstić information content (AvgIpc) is 2.19. The van der Waals surface area contributed by atoms with E-state index in [0.717, 1.165) is 19.5 Å². The van der Waals surface area contributed by atoms with E-state index in [-0.39, 0.29) is 6.09 Å². The van der Waals surface area contributed by atoms with E-state index in [4.69, 9.17) is 0 Å². The molecule has 1 atom stereocenters. The summed E-state index contributed by atoms with van der Waals surface area (Å²) in [4.78, 5) is 10.7. The van der Waals surface area contributed by atoms with Crippen LogP contribution >= 0.6 is 11.8 Å². The molecule has 1 fully saturated rings. The summed E-state index contributed by atoms with van der Waals surface area (Å²) in [5.74, 6) is 1.17. The van der Waals surface area contributed by atoms with Crippen LogP contribution in [0.15, 0.2) is 0 Å². The van der Waals surface area contributed by atoms with Crippen LogP contribution < -0.4 is 10.6 Å². The van der Waals surface area contributed by atoms with Crippen molar-refractivity contribution in [1.29, 1.82) is 0 Å². The molecule has 5 heteroatoms. The van der Waals surface area contributed by atoms with Crippen molar-refractivity contribution in [1.82, 2.24) is 10.6 Å². The van der Waals surface area contributed by atoms with Crippen molar-refractivity contribution in [3.05, 3.63) is 0 Å². The standard InChI is InChI=1S/C8H16N2O2S/c1-12-8(11)10-3-2-7-6-9-4-5-13-7/h7,9H,2-6H2,1H3,(H,10,11). The van der Waals surface area contributed by atoms with Crippen LogP contribution in [0, 0.1) is 0 Å². The summed E-state index contributed by atoms with van der Waals surface area (Å²) < 4.78 is 4.47. The van der Waals surface area contributed by atoms with Gasteiger partial charge in [-0.25, -0.2) is 4.79 Å². The molecule has 1 saturated heterocycles. The Hall–Kier alpha value is -0.420. The third-order valence-electron chi connectivity index (χ3n) is 1.93. The lowest BCUT2D eigenvalue weighted by Gasteiger charge is -2.22. The van der Waals surface area contributed by atoms with Crippen LogP contribution in [0.25, 0.3) is 0 Å². The maximum Gasteiger partial charge on any atom is 0.406 e. The van der Waals surface area contributed by atoms with Crippen molar-refractivity contribution in [2.75, 3.05) is 32.5 Å². The summed E-state index contributed by atoms with van der Waals surface area (Å²) in [5.41, 5.74) is 0. The molecule has 13 heavy (non-hydrogen) atoms. The van der Waals surface area contributed by atoms with E-state index < -0.39 is 0 Å². The zero-order valence-electron chi connectivity index (χ0n) is 7.84. The Morgan fingerprint density at radius 2 is 2.62 bits per heavy atom. The van der Waals surface area contributed by atoms with Crippen molar-refractivity contribution in [2.24, 2.45) is 0 Å². The molecule has 0 aromatic carbocycles. The van der Waals surface area contributed by atoms with Crippen LogP contribution in [0.1, 0.15) is 6.42 Å². The highest BCUT2D eigenvalue weighted by Gasteiger charge is 2.12. The van der Waals surface area contributed by atoms with Crippen molar-refractivity contribution in [3.8, 4) is 0 Å². The zero-order chi connectivity index (χ0) is 9.52. The largest absolute Gasteiger partial charge is 0.453 e. The minimum Gasteiger partial charge on any atom is -0.453 e. The molecule has 0 saturated carbocycles. The number of nitrogens with one attached hydrogen (secondary N) is 2. The van der Waals surface area contributed by atoms with Crippen LogP contribution in [-0.2, 0) is 4.74 Å². The first-order valence-electron chi connectivity index (χ1n) is 4.47. The quantitative estimate of drug-likeness (QED) is 0.700. The summed E-state index contributed by atoms with van der Waals surface area (Å²) in [6, 6.07) is 0. The Labute approximate surface area is 82.8 Å². The van der Waals surface area contributed by atoms with Gasteiger partial charge < -0.3 is 15.4 Å². The van der Waals surface area contributed by atoms with E-state index in [1.807, 2.05) is 11.8 Å². The monoisotopic (exact) mass is 204 g/mol. The van der Waals surface area contributed by atoms with E-state index in [2.05, 4.69) is 15.4 Å². The second-order valence-electron chi connectivity index (χ2n) is 2.90. The third kappa shape index (κ3) is 4.38. The smallest absolute Gasteiger partial charge is 0.406 e. The molecule has 0 spiro atoms. The molecule has 1 rings (SSSR count). The van der Waals surface area contributed by atoms with Crippen molar-refractivity contribution < 1.29 is 9.53 Å². The lowest BCUT2D eigenvalue weighted by Crippen LogP contribution is -2.35. The second-order valence-corrected chi connectivity index (χ2v) is 4.31. The fraction of sp³-hybridized carbons (Fsp3) is 0.875. The molecule has 2 N–H and O–H groups in total. The molecule has 1 aliphatic heterocycles. The summed E-state index contributed by atoms with van der Waals surface area (Å²) in [5, 5.41) is 6.63. The topological polar surface area (TPSA) is 50.4 Å². The molecule has 0 radical (unpaired) electrons. The van der Waals surface area contributed by atoms with Gasteiger partial charge in [0, 0.05) is 30.6 Å². The van der Waals surface area contributed by atoms with Gasteiger partial charge in [0.05, 0.1) is 7.11 Å². The van der Waals surface area contributed by atoms with Gasteiger partial charge in [-0.1, -0.05) is 0 Å². The highest BCUT2D eigenvalue weighted by molar-refractivity contribution is 8.00. The second kappa shape index (κ2) is 6.10. The molecule has 1 aliphatic rings. The molecular formula is C8H16N2O2S. The highest BCUT2D eigenvalue weighted by Crippen LogP contribution is 2.15. The lowest BCUT2D eigenvalue weighted by molar-refractivity contribution is 0.171. The van der Waals surface area contributed by atoms with Crippen LogP contribution in [0.5, 0.6) is 0 Å². The predicted molar refractivity (Wildman–Crippen MR) is 54.1 cm³/mol. The van der Waals surface area contributed by atoms with Crippen LogP contribution in [0.3, 0.4) is 0 Å². The Morgan fingerprint density at radius 1 is 1.77 bits per heavy atom. The predicted octanol–water partition coefficient (Wildman–Crippen LogP) is 0.438. The maximum atomic E-state index is 10.7. The number of methoxy groups -OCH3 is 1. The SMILES string of the molecule is COC(=O)NCCC1CNCCS1. The number of hydrogen-bond donors (Lipinski definition) is 2. The van der Waals surface area contributed by atoms with E-state index in [9.17, 15) is 4.79 Å². The molecule has 0 aromatic heterocycles. The van der Waals surface area contributed by atoms with E-state index in [0.29, 0.717) is 11.8 Å². The van der Waals surface area contributed by atoms with Gasteiger partial charge in [-0.2, -0.15) is 11.8 Å². The first-order valence-corrected chi connectivity index (χ1v) is 5.52. The average molecular weight is 204 g/mol. The molecule has 4 nitrogen and oxygen atoms in total. The normalized spacial score (nSPS) is 22.4. The fourth-order valence-electron chi connectivity index (χ4n) is 1.21. The minimum atomic E-state index is -0.339. The number of hydrogen-bond acceptors (Lipinski definition) is 4. The Balaban J connectivity index is 2.01. The van der Waals surface area contributed by atoms with Gasteiger partial charge in [0.15, 0.2) is 0 Å². The van der Waals surface area contributed by atoms with Crippen LogP contribution in [0.2, 0.25) is 0 Å². The van der Waals surface area contributed by atoms with E-state index >= 15 is 0 Å². The van der Waals surface area contributed by atoms with E-state index in [1.54, 1.807) is 0 Å². The molecule has 0 aromatic rings. The minimum absolute atomic E-state index is 0.339. The first-order chi connectivity index (χ1) is 6.33. The summed E-state index contributed by atoms with van der Waals surface area (Å²) in [6.45, 7) is 2.85. The number of carbonyl (C=O) groups is 1. The number of alkyl carbamates (subject to hydrolysis) is 1. The Kier molecular flexibility index (Phi) is 5.00. The Morgan fingerprint density at radius 3 is 3.23 bits per heavy atom. The van der Waals surface area contributed by atoms with Gasteiger partial charge in [0.25, 0.3) is 0 Å². The molecule has 1 unspecified atom stereocenters. The third-order valence-corrected chi connectivity index (χ3v) is 3.24. The van der Waals surface area contributed by atoms with Gasteiger partial charge in [0.1, 0.15) is 0 Å². The van der Waals surface area contributed by atoms with Gasteiger partial charge >= 0.3 is 6.09 Å². The summed E-state index contributed by atoms with van der Waals surface area (Å²) >= 11 is 1.97. The number of carbonyl (C=O) groups excluding carboxylic acids is 1. The molecule has 76 valence electrons. The maximum absolute atomic E-state index is 10.7. The van der Waals surface area contributed by atoms with Gasteiger partial charge in [-0.05, 0) is 6.42 Å². The van der Waals surface area contributed by atoms with Crippen molar-refractivity contribution >= 4 is 17.9 Å². The molecule has 1 amide bonds. The first kappa shape index (κ1) is 10.7. The van der Waals surface area contributed by atoms with Gasteiger partial charge in [-0.3, -0.25) is 0 Å². The Bertz CT molecular complexity index is 160. The summed E-state index contributed by atoms with van der Waals surface area (Å²) in [7, 11) is 1.38. The highest BCUT2D eigenvalue weighted by atomic mass is 32.2. The molecule has 0 aliphatic carbocycles. The molecule has 1 heterocycles. The van der Waals surface area contributed by atoms with Crippen molar-refractivity contribution in [2.45, 2.75) is 11.7 Å². The fourth-order valence-corrected chi connectivity index (χ4v) is 2.33. The summed E-state index contributed by atoms with van der Waals surface area (Å²) in [6.07, 6.45) is 0.668. The lowest BCUT2D eigenvalue weighted by atomic mass is 10.3. The van der Waals surface area contributed by atoms with Crippen molar-refractivity contribution in [3.63, 3.8) is 0 Å². The van der Waals surface area contributed by atoms with Gasteiger partial charge in [-0.15, -0.1) is 0 Å². The van der Waals surface area contributed by atoms with Crippen LogP contribution in [0.4, 0.5) is 4.79 Å². The van der Waals surface area contributed by atoms with Crippen LogP contribution in [-0.4, -0.2) is 43.8 Å². The number of ether oxygens (including phenoxy) is 1. The number of thioether (sulfide) groups is 1. The number of rotatable bonds is 3. The van der Waals surface area contributed by atoms with E-state index in [1.165, 1.54) is 12.9 Å².